The molecule has 0 radical (unpaired) electrons. The summed E-state index contributed by atoms with van der Waals surface area (Å²) in [6, 6.07) is 3.67. The fourth-order valence-corrected chi connectivity index (χ4v) is 2.26. The molecule has 1 aliphatic rings. The lowest BCUT2D eigenvalue weighted by Gasteiger charge is -2.23. The van der Waals surface area contributed by atoms with Crippen LogP contribution in [0.3, 0.4) is 0 Å². The van der Waals surface area contributed by atoms with Crippen molar-refractivity contribution in [1.29, 1.82) is 5.26 Å². The van der Waals surface area contributed by atoms with Crippen LogP contribution >= 0.6 is 0 Å². The second-order valence-electron chi connectivity index (χ2n) is 4.55. The number of anilines is 2. The number of nitriles is 1. The van der Waals surface area contributed by atoms with Crippen molar-refractivity contribution in [3.8, 4) is 6.07 Å². The van der Waals surface area contributed by atoms with E-state index in [-0.39, 0.29) is 5.91 Å². The van der Waals surface area contributed by atoms with E-state index in [0.29, 0.717) is 30.2 Å². The molecule has 0 aromatic carbocycles. The van der Waals surface area contributed by atoms with Crippen molar-refractivity contribution < 1.29 is 4.79 Å². The summed E-state index contributed by atoms with van der Waals surface area (Å²) in [6.45, 7) is 4.47. The summed E-state index contributed by atoms with van der Waals surface area (Å²) in [5.41, 5.74) is 6.82. The molecular weight excluding hydrogens is 242 g/mol. The molecule has 1 fully saturated rings. The Morgan fingerprint density at radius 1 is 1.42 bits per heavy atom. The Bertz CT molecular complexity index is 522. The minimum Gasteiger partial charge on any atom is -0.395 e. The van der Waals surface area contributed by atoms with Crippen LogP contribution in [-0.2, 0) is 4.79 Å². The van der Waals surface area contributed by atoms with Crippen molar-refractivity contribution >= 4 is 17.4 Å². The monoisotopic (exact) mass is 259 g/mol. The second kappa shape index (κ2) is 5.57. The lowest BCUT2D eigenvalue weighted by molar-refractivity contribution is -0.128. The Hall–Kier alpha value is -2.29. The lowest BCUT2D eigenvalue weighted by atomic mass is 10.2. The van der Waals surface area contributed by atoms with Gasteiger partial charge in [0.05, 0.1) is 11.3 Å². The number of hydrogen-bond acceptors (Lipinski definition) is 5. The summed E-state index contributed by atoms with van der Waals surface area (Å²) in [4.78, 5) is 19.5. The van der Waals surface area contributed by atoms with Crippen molar-refractivity contribution in [3.63, 3.8) is 0 Å². The third-order valence-corrected chi connectivity index (χ3v) is 3.33. The van der Waals surface area contributed by atoms with Crippen molar-refractivity contribution in [2.45, 2.75) is 13.3 Å². The number of pyridine rings is 1. The molecule has 1 aliphatic heterocycles. The van der Waals surface area contributed by atoms with Gasteiger partial charge < -0.3 is 15.5 Å². The SMILES string of the molecule is CC(=O)N1CCCN(c2nccc(C#N)c2N)CC1. The maximum absolute atomic E-state index is 11.4. The normalized spacial score (nSPS) is 15.8. The van der Waals surface area contributed by atoms with Gasteiger partial charge in [0.25, 0.3) is 0 Å². The zero-order valence-corrected chi connectivity index (χ0v) is 11.0. The molecule has 1 aromatic rings. The van der Waals surface area contributed by atoms with Crippen LogP contribution in [-0.4, -0.2) is 42.0 Å². The molecule has 0 saturated carbocycles. The quantitative estimate of drug-likeness (QED) is 0.797. The largest absolute Gasteiger partial charge is 0.395 e. The molecule has 6 nitrogen and oxygen atoms in total. The molecule has 1 amide bonds. The number of nitrogens with zero attached hydrogens (tertiary/aromatic N) is 4. The van der Waals surface area contributed by atoms with Crippen molar-refractivity contribution in [1.82, 2.24) is 9.88 Å². The number of rotatable bonds is 1. The van der Waals surface area contributed by atoms with Crippen LogP contribution in [0.4, 0.5) is 11.5 Å². The Labute approximate surface area is 112 Å². The highest BCUT2D eigenvalue weighted by atomic mass is 16.2. The van der Waals surface area contributed by atoms with Gasteiger partial charge in [0.2, 0.25) is 5.91 Å². The average molecular weight is 259 g/mol. The van der Waals surface area contributed by atoms with Gasteiger partial charge in [-0.1, -0.05) is 0 Å². The molecule has 100 valence electrons. The number of aromatic nitrogens is 1. The van der Waals surface area contributed by atoms with E-state index in [0.717, 1.165) is 19.5 Å². The number of amides is 1. The molecular formula is C13H17N5O. The molecule has 2 heterocycles. The van der Waals surface area contributed by atoms with E-state index in [9.17, 15) is 4.79 Å². The van der Waals surface area contributed by atoms with Gasteiger partial charge in [0, 0.05) is 39.3 Å². The van der Waals surface area contributed by atoms with E-state index in [1.54, 1.807) is 19.2 Å². The second-order valence-corrected chi connectivity index (χ2v) is 4.55. The zero-order valence-electron chi connectivity index (χ0n) is 11.0. The van der Waals surface area contributed by atoms with E-state index in [1.807, 2.05) is 9.80 Å². The summed E-state index contributed by atoms with van der Waals surface area (Å²) in [5.74, 6) is 0.734. The Morgan fingerprint density at radius 2 is 2.21 bits per heavy atom. The van der Waals surface area contributed by atoms with Gasteiger partial charge in [-0.2, -0.15) is 5.26 Å². The summed E-state index contributed by atoms with van der Waals surface area (Å²) < 4.78 is 0. The van der Waals surface area contributed by atoms with Gasteiger partial charge in [-0.15, -0.1) is 0 Å². The van der Waals surface area contributed by atoms with E-state index in [2.05, 4.69) is 11.1 Å². The predicted molar refractivity (Wildman–Crippen MR) is 72.4 cm³/mol. The highest BCUT2D eigenvalue weighted by molar-refractivity contribution is 5.73. The minimum atomic E-state index is 0.0913. The molecule has 0 aliphatic carbocycles. The predicted octanol–water partition coefficient (Wildman–Crippen LogP) is 0.594. The molecule has 2 rings (SSSR count). The van der Waals surface area contributed by atoms with Crippen LogP contribution in [0.2, 0.25) is 0 Å². The number of carbonyl (C=O) groups is 1. The number of nitrogen functional groups attached to an aromatic ring is 1. The van der Waals surface area contributed by atoms with Gasteiger partial charge in [0.1, 0.15) is 6.07 Å². The first kappa shape index (κ1) is 13.1. The molecule has 6 heteroatoms. The highest BCUT2D eigenvalue weighted by Crippen LogP contribution is 2.24. The average Bonchev–Trinajstić information content (AvgIpc) is 2.65. The Balaban J connectivity index is 2.19. The molecule has 1 aromatic heterocycles. The van der Waals surface area contributed by atoms with E-state index in [4.69, 9.17) is 11.0 Å². The first-order valence-electron chi connectivity index (χ1n) is 6.28. The van der Waals surface area contributed by atoms with Gasteiger partial charge in [-0.05, 0) is 12.5 Å². The molecule has 1 saturated heterocycles. The third-order valence-electron chi connectivity index (χ3n) is 3.33. The van der Waals surface area contributed by atoms with Crippen LogP contribution in [0.1, 0.15) is 18.9 Å². The van der Waals surface area contributed by atoms with Crippen molar-refractivity contribution in [2.24, 2.45) is 0 Å². The maximum atomic E-state index is 11.4. The molecule has 19 heavy (non-hydrogen) atoms. The summed E-state index contributed by atoms with van der Waals surface area (Å²) in [6.07, 6.45) is 2.47. The van der Waals surface area contributed by atoms with Crippen molar-refractivity contribution in [2.75, 3.05) is 36.8 Å². The summed E-state index contributed by atoms with van der Waals surface area (Å²) in [5, 5.41) is 8.98. The maximum Gasteiger partial charge on any atom is 0.219 e. The zero-order chi connectivity index (χ0) is 13.8. The minimum absolute atomic E-state index is 0.0913. The third kappa shape index (κ3) is 2.76. The topological polar surface area (TPSA) is 86.2 Å². The van der Waals surface area contributed by atoms with Crippen LogP contribution in [0.25, 0.3) is 0 Å². The molecule has 0 spiro atoms. The van der Waals surface area contributed by atoms with Crippen LogP contribution < -0.4 is 10.6 Å². The van der Waals surface area contributed by atoms with Crippen molar-refractivity contribution in [3.05, 3.63) is 17.8 Å². The fraction of sp³-hybridized carbons (Fsp3) is 0.462. The lowest BCUT2D eigenvalue weighted by Crippen LogP contribution is -2.34. The molecule has 2 N–H and O–H groups in total. The molecule has 0 atom stereocenters. The summed E-state index contributed by atoms with van der Waals surface area (Å²) in [7, 11) is 0. The van der Waals surface area contributed by atoms with Crippen LogP contribution in [0.15, 0.2) is 12.3 Å². The highest BCUT2D eigenvalue weighted by Gasteiger charge is 2.19. The van der Waals surface area contributed by atoms with Gasteiger partial charge in [-0.25, -0.2) is 4.98 Å². The number of nitrogens with two attached hydrogens (primary N) is 1. The van der Waals surface area contributed by atoms with Gasteiger partial charge >= 0.3 is 0 Å². The fourth-order valence-electron chi connectivity index (χ4n) is 2.26. The first-order valence-corrected chi connectivity index (χ1v) is 6.28. The first-order chi connectivity index (χ1) is 9.13. The Kier molecular flexibility index (Phi) is 3.85. The van der Waals surface area contributed by atoms with E-state index < -0.39 is 0 Å². The standard InChI is InChI=1S/C13H17N5O/c1-10(19)17-5-2-6-18(8-7-17)13-12(15)11(9-14)3-4-16-13/h3-4H,2,5-8,15H2,1H3. The van der Waals surface area contributed by atoms with Crippen LogP contribution in [0.5, 0.6) is 0 Å². The molecule has 0 unspecified atom stereocenters. The van der Waals surface area contributed by atoms with Gasteiger partial charge in [-0.3, -0.25) is 4.79 Å². The van der Waals surface area contributed by atoms with E-state index >= 15 is 0 Å². The van der Waals surface area contributed by atoms with Gasteiger partial charge in [0.15, 0.2) is 5.82 Å². The smallest absolute Gasteiger partial charge is 0.219 e. The molecule has 0 bridgehead atoms. The van der Waals surface area contributed by atoms with E-state index in [1.165, 1.54) is 0 Å². The summed E-state index contributed by atoms with van der Waals surface area (Å²) >= 11 is 0. The van der Waals surface area contributed by atoms with Crippen LogP contribution in [0, 0.1) is 11.3 Å². The number of hydrogen-bond donors (Lipinski definition) is 1. The number of carbonyl (C=O) groups excluding carboxylic acids is 1. The Morgan fingerprint density at radius 3 is 2.89 bits per heavy atom.